The molecule has 134 valence electrons. The van der Waals surface area contributed by atoms with Crippen LogP contribution in [-0.2, 0) is 17.8 Å². The molecular formula is C18H17N3O4S. The van der Waals surface area contributed by atoms with Gasteiger partial charge in [-0.15, -0.1) is 11.3 Å². The summed E-state index contributed by atoms with van der Waals surface area (Å²) in [4.78, 5) is 29.1. The largest absolute Gasteiger partial charge is 0.501 e. The Hall–Kier alpha value is -2.71. The molecule has 1 unspecified atom stereocenters. The molecule has 0 bridgehead atoms. The number of carbonyl (C=O) groups is 1. The first-order chi connectivity index (χ1) is 12.6. The van der Waals surface area contributed by atoms with Crippen LogP contribution in [-0.4, -0.2) is 27.2 Å². The first kappa shape index (κ1) is 16.7. The van der Waals surface area contributed by atoms with Gasteiger partial charge >= 0.3 is 0 Å². The molecule has 7 nitrogen and oxygen atoms in total. The van der Waals surface area contributed by atoms with Crippen LogP contribution < -0.4 is 10.9 Å². The molecule has 8 heteroatoms. The van der Waals surface area contributed by atoms with Gasteiger partial charge in [-0.1, -0.05) is 18.2 Å². The quantitative estimate of drug-likeness (QED) is 0.736. The second kappa shape index (κ2) is 6.54. The summed E-state index contributed by atoms with van der Waals surface area (Å²) in [6.45, 7) is 2.71. The minimum atomic E-state index is -0.630. The van der Waals surface area contributed by atoms with Gasteiger partial charge in [0, 0.05) is 11.2 Å². The molecule has 3 aromatic rings. The van der Waals surface area contributed by atoms with E-state index in [-0.39, 0.29) is 12.2 Å². The van der Waals surface area contributed by atoms with Gasteiger partial charge in [-0.25, -0.2) is 4.98 Å². The second-order valence-electron chi connectivity index (χ2n) is 6.08. The van der Waals surface area contributed by atoms with Crippen LogP contribution in [0.2, 0.25) is 0 Å². The van der Waals surface area contributed by atoms with Gasteiger partial charge < -0.3 is 15.2 Å². The zero-order chi connectivity index (χ0) is 18.3. The number of nitrogens with one attached hydrogen (secondary N) is 1. The zero-order valence-corrected chi connectivity index (χ0v) is 14.9. The van der Waals surface area contributed by atoms with E-state index in [1.807, 2.05) is 29.6 Å². The molecule has 2 N–H and O–H groups in total. The number of thiophene rings is 1. The fraction of sp³-hybridized carbons (Fsp3) is 0.278. The predicted octanol–water partition coefficient (Wildman–Crippen LogP) is 2.18. The van der Waals surface area contributed by atoms with E-state index in [2.05, 4.69) is 10.3 Å². The Kier molecular flexibility index (Phi) is 4.21. The number of ether oxygens (including phenoxy) is 1. The Labute approximate surface area is 152 Å². The van der Waals surface area contributed by atoms with Gasteiger partial charge in [-0.3, -0.25) is 14.2 Å². The molecule has 4 rings (SSSR count). The van der Waals surface area contributed by atoms with Crippen LogP contribution >= 0.6 is 11.3 Å². The van der Waals surface area contributed by atoms with Crippen molar-refractivity contribution >= 4 is 27.3 Å². The molecule has 1 amide bonds. The normalized spacial score (nSPS) is 16.4. The van der Waals surface area contributed by atoms with E-state index in [1.165, 1.54) is 4.57 Å². The topological polar surface area (TPSA) is 93.5 Å². The van der Waals surface area contributed by atoms with Crippen LogP contribution in [0.25, 0.3) is 10.1 Å². The molecule has 0 fully saturated rings. The van der Waals surface area contributed by atoms with Crippen molar-refractivity contribution in [2.24, 2.45) is 0 Å². The molecular weight excluding hydrogens is 354 g/mol. The Balaban J connectivity index is 1.62. The number of fused-ring (bicyclic) bond motifs is 2. The number of hydrogen-bond acceptors (Lipinski definition) is 6. The summed E-state index contributed by atoms with van der Waals surface area (Å²) in [5, 5.41) is 16.0. The molecule has 1 aliphatic rings. The lowest BCUT2D eigenvalue weighted by Gasteiger charge is -2.24. The lowest BCUT2D eigenvalue weighted by molar-refractivity contribution is 0.0256. The maximum absolute atomic E-state index is 12.5. The third-order valence-electron chi connectivity index (χ3n) is 4.44. The van der Waals surface area contributed by atoms with Crippen molar-refractivity contribution < 1.29 is 14.6 Å². The van der Waals surface area contributed by atoms with Crippen LogP contribution in [0.4, 0.5) is 0 Å². The van der Waals surface area contributed by atoms with E-state index in [4.69, 9.17) is 4.74 Å². The molecule has 3 heterocycles. The summed E-state index contributed by atoms with van der Waals surface area (Å²) >= 11 is 1.60. The number of benzene rings is 1. The summed E-state index contributed by atoms with van der Waals surface area (Å²) in [5.41, 5.74) is 0.0873. The number of aromatic nitrogens is 2. The highest BCUT2D eigenvalue weighted by molar-refractivity contribution is 7.17. The van der Waals surface area contributed by atoms with E-state index >= 15 is 0 Å². The average Bonchev–Trinajstić information content (AvgIpc) is 3.12. The van der Waals surface area contributed by atoms with Gasteiger partial charge in [0.15, 0.2) is 5.69 Å². The Morgan fingerprint density at radius 2 is 2.31 bits per heavy atom. The van der Waals surface area contributed by atoms with Gasteiger partial charge in [0.2, 0.25) is 5.75 Å². The third kappa shape index (κ3) is 2.77. The summed E-state index contributed by atoms with van der Waals surface area (Å²) in [5.74, 6) is -0.867. The standard InChI is InChI=1S/C18H17N3O4S/c1-10-16-20-13(14(22)18(24)21(16)6-7-25-10)17(23)19-9-12-4-2-3-11-5-8-26-15(11)12/h2-5,8,10,22H,6-7,9H2,1H3,(H,19,23). The molecule has 1 aliphatic heterocycles. The van der Waals surface area contributed by atoms with Gasteiger partial charge in [0.05, 0.1) is 13.2 Å². The third-order valence-corrected chi connectivity index (χ3v) is 5.44. The van der Waals surface area contributed by atoms with Crippen molar-refractivity contribution in [2.45, 2.75) is 26.1 Å². The lowest BCUT2D eigenvalue weighted by atomic mass is 10.1. The van der Waals surface area contributed by atoms with Crippen LogP contribution in [0.3, 0.4) is 0 Å². The molecule has 0 saturated carbocycles. The van der Waals surface area contributed by atoms with E-state index in [0.29, 0.717) is 19.0 Å². The van der Waals surface area contributed by atoms with Crippen LogP contribution in [0.1, 0.15) is 34.9 Å². The summed E-state index contributed by atoms with van der Waals surface area (Å²) in [7, 11) is 0. The van der Waals surface area contributed by atoms with Crippen molar-refractivity contribution in [3.05, 3.63) is 57.1 Å². The molecule has 1 aromatic carbocycles. The van der Waals surface area contributed by atoms with Crippen LogP contribution in [0, 0.1) is 0 Å². The molecule has 26 heavy (non-hydrogen) atoms. The number of aromatic hydroxyl groups is 1. The Morgan fingerprint density at radius 3 is 3.15 bits per heavy atom. The van der Waals surface area contributed by atoms with Crippen LogP contribution in [0.5, 0.6) is 5.75 Å². The average molecular weight is 371 g/mol. The van der Waals surface area contributed by atoms with Crippen molar-refractivity contribution in [3.63, 3.8) is 0 Å². The Bertz CT molecular complexity index is 1060. The number of amides is 1. The maximum Gasteiger partial charge on any atom is 0.296 e. The first-order valence-electron chi connectivity index (χ1n) is 8.25. The fourth-order valence-electron chi connectivity index (χ4n) is 3.09. The zero-order valence-electron chi connectivity index (χ0n) is 14.1. The highest BCUT2D eigenvalue weighted by Gasteiger charge is 2.26. The molecule has 2 aromatic heterocycles. The monoisotopic (exact) mass is 371 g/mol. The summed E-state index contributed by atoms with van der Waals surface area (Å²) in [6.07, 6.45) is -0.413. The Morgan fingerprint density at radius 1 is 1.46 bits per heavy atom. The van der Waals surface area contributed by atoms with Crippen molar-refractivity contribution in [2.75, 3.05) is 6.61 Å². The second-order valence-corrected chi connectivity index (χ2v) is 6.99. The highest BCUT2D eigenvalue weighted by atomic mass is 32.1. The van der Waals surface area contributed by atoms with Gasteiger partial charge in [-0.05, 0) is 29.3 Å². The molecule has 0 saturated heterocycles. The molecule has 0 aliphatic carbocycles. The van der Waals surface area contributed by atoms with Crippen LogP contribution in [0.15, 0.2) is 34.4 Å². The van der Waals surface area contributed by atoms with Crippen molar-refractivity contribution in [1.82, 2.24) is 14.9 Å². The molecule has 0 spiro atoms. The van der Waals surface area contributed by atoms with Gasteiger partial charge in [0.1, 0.15) is 11.9 Å². The van der Waals surface area contributed by atoms with E-state index < -0.39 is 23.3 Å². The van der Waals surface area contributed by atoms with E-state index in [1.54, 1.807) is 18.3 Å². The first-order valence-corrected chi connectivity index (χ1v) is 9.13. The molecule has 1 atom stereocenters. The van der Waals surface area contributed by atoms with Gasteiger partial charge in [0.25, 0.3) is 11.5 Å². The number of nitrogens with zero attached hydrogens (tertiary/aromatic N) is 2. The lowest BCUT2D eigenvalue weighted by Crippen LogP contribution is -2.35. The van der Waals surface area contributed by atoms with Crippen molar-refractivity contribution in [3.8, 4) is 5.75 Å². The summed E-state index contributed by atoms with van der Waals surface area (Å²) < 4.78 is 7.92. The molecule has 0 radical (unpaired) electrons. The maximum atomic E-state index is 12.5. The smallest absolute Gasteiger partial charge is 0.296 e. The minimum absolute atomic E-state index is 0.267. The minimum Gasteiger partial charge on any atom is -0.501 e. The predicted molar refractivity (Wildman–Crippen MR) is 97.5 cm³/mol. The number of rotatable bonds is 3. The summed E-state index contributed by atoms with van der Waals surface area (Å²) in [6, 6.07) is 7.89. The van der Waals surface area contributed by atoms with Gasteiger partial charge in [-0.2, -0.15) is 0 Å². The SMILES string of the molecule is CC1OCCn2c1nc(C(=O)NCc1cccc3ccsc13)c(O)c2=O. The van der Waals surface area contributed by atoms with E-state index in [9.17, 15) is 14.7 Å². The highest BCUT2D eigenvalue weighted by Crippen LogP contribution is 2.25. The number of hydrogen-bond donors (Lipinski definition) is 2. The van der Waals surface area contributed by atoms with Crippen molar-refractivity contribution in [1.29, 1.82) is 0 Å². The fourth-order valence-corrected chi connectivity index (χ4v) is 4.01. The number of carbonyl (C=O) groups excluding carboxylic acids is 1. The van der Waals surface area contributed by atoms with E-state index in [0.717, 1.165) is 15.6 Å².